The molecule has 1 aliphatic rings. The predicted molar refractivity (Wildman–Crippen MR) is 66.5 cm³/mol. The molecule has 0 radical (unpaired) electrons. The maximum Gasteiger partial charge on any atom is 0.323 e. The lowest BCUT2D eigenvalue weighted by molar-refractivity contribution is 0.0317. The number of hydrogen-bond acceptors (Lipinski definition) is 8. The summed E-state index contributed by atoms with van der Waals surface area (Å²) in [7, 11) is 1.71. The van der Waals surface area contributed by atoms with E-state index in [0.29, 0.717) is 12.6 Å². The summed E-state index contributed by atoms with van der Waals surface area (Å²) in [5.41, 5.74) is 5.54. The first-order valence-electron chi connectivity index (χ1n) is 5.90. The molecule has 1 aliphatic heterocycles. The number of nitrogens with zero attached hydrogens (tertiary/aromatic N) is 4. The van der Waals surface area contributed by atoms with Crippen molar-refractivity contribution in [2.45, 2.75) is 0 Å². The zero-order valence-electron chi connectivity index (χ0n) is 10.4. The molecule has 3 N–H and O–H groups in total. The highest BCUT2D eigenvalue weighted by Gasteiger charge is 2.10. The second-order valence-electron chi connectivity index (χ2n) is 3.85. The lowest BCUT2D eigenvalue weighted by Crippen LogP contribution is -2.38. The number of nitrogen functional groups attached to an aromatic ring is 1. The van der Waals surface area contributed by atoms with E-state index in [0.717, 1.165) is 32.8 Å². The van der Waals surface area contributed by atoms with Crippen molar-refractivity contribution in [2.24, 2.45) is 0 Å². The molecule has 0 aromatic carbocycles. The van der Waals surface area contributed by atoms with Crippen molar-refractivity contribution in [1.29, 1.82) is 0 Å². The Kier molecular flexibility index (Phi) is 4.48. The zero-order chi connectivity index (χ0) is 12.8. The van der Waals surface area contributed by atoms with Gasteiger partial charge >= 0.3 is 6.01 Å². The largest absolute Gasteiger partial charge is 0.462 e. The second-order valence-corrected chi connectivity index (χ2v) is 3.85. The van der Waals surface area contributed by atoms with Gasteiger partial charge in [-0.1, -0.05) is 0 Å². The van der Waals surface area contributed by atoms with E-state index in [1.807, 2.05) is 0 Å². The van der Waals surface area contributed by atoms with Crippen molar-refractivity contribution in [2.75, 3.05) is 57.6 Å². The van der Waals surface area contributed by atoms with Gasteiger partial charge in [0.2, 0.25) is 11.9 Å². The van der Waals surface area contributed by atoms with Crippen LogP contribution in [0.3, 0.4) is 0 Å². The molecule has 1 fully saturated rings. The molecule has 1 saturated heterocycles. The maximum atomic E-state index is 5.54. The SMILES string of the molecule is CNc1nc(N)nc(OCCN2CCOCC2)n1. The summed E-state index contributed by atoms with van der Waals surface area (Å²) in [6.07, 6.45) is 0. The Bertz CT molecular complexity index is 383. The van der Waals surface area contributed by atoms with Gasteiger partial charge in [-0.25, -0.2) is 0 Å². The van der Waals surface area contributed by atoms with Crippen LogP contribution in [-0.4, -0.2) is 66.4 Å². The summed E-state index contributed by atoms with van der Waals surface area (Å²) in [5, 5.41) is 2.80. The van der Waals surface area contributed by atoms with Crippen LogP contribution in [-0.2, 0) is 4.74 Å². The van der Waals surface area contributed by atoms with Crippen molar-refractivity contribution < 1.29 is 9.47 Å². The number of hydrogen-bond donors (Lipinski definition) is 2. The molecule has 0 spiro atoms. The van der Waals surface area contributed by atoms with Gasteiger partial charge < -0.3 is 20.5 Å². The molecule has 0 saturated carbocycles. The third-order valence-corrected chi connectivity index (χ3v) is 2.60. The molecule has 1 aromatic heterocycles. The third-order valence-electron chi connectivity index (χ3n) is 2.60. The minimum absolute atomic E-state index is 0.149. The van der Waals surface area contributed by atoms with Gasteiger partial charge in [0.15, 0.2) is 0 Å². The van der Waals surface area contributed by atoms with Gasteiger partial charge in [-0.2, -0.15) is 15.0 Å². The van der Waals surface area contributed by atoms with Gasteiger partial charge in [-0.05, 0) is 0 Å². The zero-order valence-corrected chi connectivity index (χ0v) is 10.4. The Hall–Kier alpha value is -1.67. The number of ether oxygens (including phenoxy) is 2. The molecule has 0 amide bonds. The molecule has 18 heavy (non-hydrogen) atoms. The summed E-state index contributed by atoms with van der Waals surface area (Å²) < 4.78 is 10.7. The molecule has 2 heterocycles. The van der Waals surface area contributed by atoms with Gasteiger partial charge in [0.05, 0.1) is 13.2 Å². The predicted octanol–water partition coefficient (Wildman–Crippen LogP) is -0.793. The normalized spacial score (nSPS) is 16.5. The van der Waals surface area contributed by atoms with Crippen molar-refractivity contribution in [3.8, 4) is 6.01 Å². The molecule has 0 unspecified atom stereocenters. The highest BCUT2D eigenvalue weighted by molar-refractivity contribution is 5.31. The molecule has 8 nitrogen and oxygen atoms in total. The van der Waals surface area contributed by atoms with Crippen molar-refractivity contribution in [3.05, 3.63) is 0 Å². The Morgan fingerprint density at radius 1 is 1.33 bits per heavy atom. The van der Waals surface area contributed by atoms with Crippen LogP contribution in [0.25, 0.3) is 0 Å². The highest BCUT2D eigenvalue weighted by Crippen LogP contribution is 2.08. The van der Waals surface area contributed by atoms with Crippen molar-refractivity contribution in [3.63, 3.8) is 0 Å². The van der Waals surface area contributed by atoms with E-state index in [-0.39, 0.29) is 12.0 Å². The van der Waals surface area contributed by atoms with Crippen LogP contribution in [0.4, 0.5) is 11.9 Å². The van der Waals surface area contributed by atoms with E-state index >= 15 is 0 Å². The van der Waals surface area contributed by atoms with E-state index in [9.17, 15) is 0 Å². The number of nitrogens with two attached hydrogens (primary N) is 1. The van der Waals surface area contributed by atoms with E-state index in [1.165, 1.54) is 0 Å². The smallest absolute Gasteiger partial charge is 0.323 e. The second kappa shape index (κ2) is 6.31. The van der Waals surface area contributed by atoms with Gasteiger partial charge in [0.25, 0.3) is 0 Å². The van der Waals surface area contributed by atoms with E-state index in [4.69, 9.17) is 15.2 Å². The summed E-state index contributed by atoms with van der Waals surface area (Å²) in [4.78, 5) is 14.1. The summed E-state index contributed by atoms with van der Waals surface area (Å²) >= 11 is 0. The molecule has 8 heteroatoms. The minimum atomic E-state index is 0.149. The van der Waals surface area contributed by atoms with Crippen LogP contribution in [0.5, 0.6) is 6.01 Å². The van der Waals surface area contributed by atoms with Gasteiger partial charge in [0.1, 0.15) is 6.61 Å². The average Bonchev–Trinajstić information content (AvgIpc) is 2.39. The number of aromatic nitrogens is 3. The maximum absolute atomic E-state index is 5.54. The van der Waals surface area contributed by atoms with Crippen LogP contribution in [0.1, 0.15) is 0 Å². The third kappa shape index (κ3) is 3.67. The first-order valence-corrected chi connectivity index (χ1v) is 5.90. The molecular weight excluding hydrogens is 236 g/mol. The van der Waals surface area contributed by atoms with Gasteiger partial charge in [-0.3, -0.25) is 4.90 Å². The van der Waals surface area contributed by atoms with Crippen LogP contribution >= 0.6 is 0 Å². The summed E-state index contributed by atoms with van der Waals surface area (Å²) in [6, 6.07) is 0.250. The molecule has 0 aliphatic carbocycles. The van der Waals surface area contributed by atoms with E-state index in [1.54, 1.807) is 7.05 Å². The van der Waals surface area contributed by atoms with Crippen LogP contribution in [0.2, 0.25) is 0 Å². The van der Waals surface area contributed by atoms with Gasteiger partial charge in [0, 0.05) is 26.7 Å². The number of anilines is 2. The topological polar surface area (TPSA) is 98.4 Å². The first-order chi connectivity index (χ1) is 8.78. The Morgan fingerprint density at radius 2 is 2.11 bits per heavy atom. The average molecular weight is 254 g/mol. The van der Waals surface area contributed by atoms with Gasteiger partial charge in [-0.15, -0.1) is 0 Å². The quantitative estimate of drug-likeness (QED) is 0.705. The number of morpholine rings is 1. The van der Waals surface area contributed by atoms with E-state index in [2.05, 4.69) is 25.2 Å². The fraction of sp³-hybridized carbons (Fsp3) is 0.700. The number of nitrogens with one attached hydrogen (secondary N) is 1. The molecule has 0 bridgehead atoms. The monoisotopic (exact) mass is 254 g/mol. The molecule has 100 valence electrons. The molecule has 0 atom stereocenters. The standard InChI is InChI=1S/C10H18N6O2/c1-12-9-13-8(11)14-10(15-9)18-7-4-16-2-5-17-6-3-16/h2-7H2,1H3,(H3,11,12,13,14,15). The Balaban J connectivity index is 1.80. The fourth-order valence-electron chi connectivity index (χ4n) is 1.64. The summed E-state index contributed by atoms with van der Waals surface area (Å²) in [5.74, 6) is 0.555. The Labute approximate surface area is 106 Å². The lowest BCUT2D eigenvalue weighted by Gasteiger charge is -2.26. The summed E-state index contributed by atoms with van der Waals surface area (Å²) in [6.45, 7) is 4.77. The van der Waals surface area contributed by atoms with Crippen LogP contribution in [0.15, 0.2) is 0 Å². The molecule has 1 aromatic rings. The van der Waals surface area contributed by atoms with E-state index < -0.39 is 0 Å². The number of rotatable bonds is 5. The van der Waals surface area contributed by atoms with Crippen LogP contribution in [0, 0.1) is 0 Å². The lowest BCUT2D eigenvalue weighted by atomic mass is 10.4. The Morgan fingerprint density at radius 3 is 2.83 bits per heavy atom. The van der Waals surface area contributed by atoms with Crippen molar-refractivity contribution in [1.82, 2.24) is 19.9 Å². The minimum Gasteiger partial charge on any atom is -0.462 e. The van der Waals surface area contributed by atoms with Crippen molar-refractivity contribution >= 4 is 11.9 Å². The molecule has 2 rings (SSSR count). The van der Waals surface area contributed by atoms with Crippen LogP contribution < -0.4 is 15.8 Å². The fourth-order valence-corrected chi connectivity index (χ4v) is 1.64. The first kappa shape index (κ1) is 12.8. The highest BCUT2D eigenvalue weighted by atomic mass is 16.5. The molecular formula is C10H18N6O2.